The Balaban J connectivity index is 1.81. The van der Waals surface area contributed by atoms with Gasteiger partial charge in [-0.3, -0.25) is 0 Å². The number of benzene rings is 3. The second-order valence-corrected chi connectivity index (χ2v) is 6.21. The molecule has 2 aliphatic carbocycles. The Morgan fingerprint density at radius 2 is 1.17 bits per heavy atom. The van der Waals surface area contributed by atoms with Gasteiger partial charge in [-0.1, -0.05) is 78.9 Å². The summed E-state index contributed by atoms with van der Waals surface area (Å²) in [5.41, 5.74) is 9.62. The Morgan fingerprint density at radius 3 is 2.04 bits per heavy atom. The standard InChI is InChI=1S/C23H16/c1-2-8-16(9-3-1)21-14-17-10-4-6-12-19(17)22-15-18-11-5-7-13-20(18)23(21)22/h1-15,23H. The number of hydrogen-bond donors (Lipinski definition) is 0. The molecule has 1 unspecified atom stereocenters. The van der Waals surface area contributed by atoms with Gasteiger partial charge >= 0.3 is 0 Å². The van der Waals surface area contributed by atoms with E-state index in [-0.39, 0.29) is 0 Å². The van der Waals surface area contributed by atoms with Crippen molar-refractivity contribution in [2.75, 3.05) is 0 Å². The monoisotopic (exact) mass is 292 g/mol. The molecule has 0 heteroatoms. The molecule has 0 amide bonds. The molecule has 1 atom stereocenters. The van der Waals surface area contributed by atoms with Crippen molar-refractivity contribution in [2.24, 2.45) is 0 Å². The summed E-state index contributed by atoms with van der Waals surface area (Å²) < 4.78 is 0. The Kier molecular flexibility index (Phi) is 2.65. The lowest BCUT2D eigenvalue weighted by Crippen LogP contribution is -2.07. The normalized spacial score (nSPS) is 17.7. The highest BCUT2D eigenvalue weighted by Gasteiger charge is 2.33. The Labute approximate surface area is 136 Å². The maximum atomic E-state index is 2.37. The predicted octanol–water partition coefficient (Wildman–Crippen LogP) is 5.88. The van der Waals surface area contributed by atoms with Gasteiger partial charge in [0.05, 0.1) is 0 Å². The zero-order valence-corrected chi connectivity index (χ0v) is 12.7. The van der Waals surface area contributed by atoms with Crippen LogP contribution in [0.5, 0.6) is 0 Å². The van der Waals surface area contributed by atoms with Crippen molar-refractivity contribution in [3.8, 4) is 0 Å². The average Bonchev–Trinajstić information content (AvgIpc) is 3.02. The van der Waals surface area contributed by atoms with Crippen LogP contribution < -0.4 is 0 Å². The van der Waals surface area contributed by atoms with Crippen LogP contribution in [0, 0.1) is 0 Å². The van der Waals surface area contributed by atoms with Crippen LogP contribution in [0.15, 0.2) is 78.9 Å². The lowest BCUT2D eigenvalue weighted by molar-refractivity contribution is 1.14. The largest absolute Gasteiger partial charge is 0.0622 e. The first-order valence-electron chi connectivity index (χ1n) is 8.09. The first-order valence-corrected chi connectivity index (χ1v) is 8.09. The van der Waals surface area contributed by atoms with E-state index < -0.39 is 0 Å². The van der Waals surface area contributed by atoms with Crippen LogP contribution in [0.2, 0.25) is 0 Å². The first-order chi connectivity index (χ1) is 11.4. The second kappa shape index (κ2) is 4.82. The van der Waals surface area contributed by atoms with Crippen LogP contribution >= 0.6 is 0 Å². The molecule has 5 rings (SSSR count). The Morgan fingerprint density at radius 1 is 0.522 bits per heavy atom. The SMILES string of the molecule is C1=C(c2ccccc2)C2C(=Cc3ccccc32)c2ccccc21. The molecule has 0 N–H and O–H groups in total. The van der Waals surface area contributed by atoms with Gasteiger partial charge in [-0.2, -0.15) is 0 Å². The minimum atomic E-state index is 0.350. The zero-order valence-electron chi connectivity index (χ0n) is 12.7. The highest BCUT2D eigenvalue weighted by atomic mass is 14.4. The average molecular weight is 292 g/mol. The van der Waals surface area contributed by atoms with E-state index in [1.165, 1.54) is 39.0 Å². The van der Waals surface area contributed by atoms with Gasteiger partial charge in [0, 0.05) is 5.92 Å². The van der Waals surface area contributed by atoms with Crippen molar-refractivity contribution in [2.45, 2.75) is 5.92 Å². The fourth-order valence-electron chi connectivity index (χ4n) is 3.91. The molecule has 0 aromatic heterocycles. The molecular weight excluding hydrogens is 276 g/mol. The van der Waals surface area contributed by atoms with Gasteiger partial charge in [-0.15, -0.1) is 0 Å². The smallest absolute Gasteiger partial charge is 0.0358 e. The first kappa shape index (κ1) is 12.7. The van der Waals surface area contributed by atoms with Crippen molar-refractivity contribution in [3.63, 3.8) is 0 Å². The molecule has 3 aromatic rings. The van der Waals surface area contributed by atoms with Crippen LogP contribution in [0.25, 0.3) is 23.3 Å². The lowest BCUT2D eigenvalue weighted by Gasteiger charge is -2.27. The molecule has 0 bridgehead atoms. The molecule has 0 saturated carbocycles. The van der Waals surface area contributed by atoms with Crippen LogP contribution in [0.3, 0.4) is 0 Å². The summed E-state index contributed by atoms with van der Waals surface area (Å²) in [6.07, 6.45) is 4.74. The molecule has 0 fully saturated rings. The van der Waals surface area contributed by atoms with E-state index in [1.54, 1.807) is 0 Å². The second-order valence-electron chi connectivity index (χ2n) is 6.21. The van der Waals surface area contributed by atoms with Crippen LogP contribution in [0.4, 0.5) is 0 Å². The van der Waals surface area contributed by atoms with Gasteiger partial charge in [0.25, 0.3) is 0 Å². The Hall–Kier alpha value is -2.86. The van der Waals surface area contributed by atoms with Crippen LogP contribution in [-0.2, 0) is 0 Å². The van der Waals surface area contributed by atoms with Crippen LogP contribution in [-0.4, -0.2) is 0 Å². The van der Waals surface area contributed by atoms with Crippen molar-refractivity contribution < 1.29 is 0 Å². The minimum absolute atomic E-state index is 0.350. The number of allylic oxidation sites excluding steroid dienone is 2. The van der Waals surface area contributed by atoms with E-state index in [4.69, 9.17) is 0 Å². The summed E-state index contributed by atoms with van der Waals surface area (Å²) in [4.78, 5) is 0. The van der Waals surface area contributed by atoms with E-state index in [0.29, 0.717) is 5.92 Å². The summed E-state index contributed by atoms with van der Waals surface area (Å²) in [7, 11) is 0. The van der Waals surface area contributed by atoms with E-state index in [9.17, 15) is 0 Å². The summed E-state index contributed by atoms with van der Waals surface area (Å²) in [5, 5.41) is 0. The Bertz CT molecular complexity index is 958. The molecule has 2 aliphatic rings. The minimum Gasteiger partial charge on any atom is -0.0622 e. The topological polar surface area (TPSA) is 0 Å². The third-order valence-electron chi connectivity index (χ3n) is 4.93. The highest BCUT2D eigenvalue weighted by Crippen LogP contribution is 2.53. The van der Waals surface area contributed by atoms with Crippen molar-refractivity contribution in [1.82, 2.24) is 0 Å². The molecule has 23 heavy (non-hydrogen) atoms. The van der Waals surface area contributed by atoms with E-state index in [1.807, 2.05) is 0 Å². The number of fused-ring (bicyclic) bond motifs is 5. The third-order valence-corrected chi connectivity index (χ3v) is 4.93. The van der Waals surface area contributed by atoms with Crippen molar-refractivity contribution in [3.05, 3.63) is 107 Å². The maximum absolute atomic E-state index is 2.37. The van der Waals surface area contributed by atoms with Gasteiger partial charge in [0.15, 0.2) is 0 Å². The fourth-order valence-corrected chi connectivity index (χ4v) is 3.91. The van der Waals surface area contributed by atoms with Crippen molar-refractivity contribution in [1.29, 1.82) is 0 Å². The van der Waals surface area contributed by atoms with Gasteiger partial charge in [0.1, 0.15) is 0 Å². The number of rotatable bonds is 1. The highest BCUT2D eigenvalue weighted by molar-refractivity contribution is 6.08. The van der Waals surface area contributed by atoms with Gasteiger partial charge in [0.2, 0.25) is 0 Å². The van der Waals surface area contributed by atoms with E-state index in [0.717, 1.165) is 0 Å². The quantitative estimate of drug-likeness (QED) is 0.525. The molecule has 0 spiro atoms. The summed E-state index contributed by atoms with van der Waals surface area (Å²) in [6, 6.07) is 28.3. The van der Waals surface area contributed by atoms with E-state index in [2.05, 4.69) is 91.0 Å². The van der Waals surface area contributed by atoms with Gasteiger partial charge in [-0.25, -0.2) is 0 Å². The van der Waals surface area contributed by atoms with E-state index >= 15 is 0 Å². The molecule has 0 heterocycles. The van der Waals surface area contributed by atoms with Crippen molar-refractivity contribution >= 4 is 23.3 Å². The molecule has 108 valence electrons. The summed E-state index contributed by atoms with van der Waals surface area (Å²) in [5.74, 6) is 0.350. The molecule has 0 saturated heterocycles. The lowest BCUT2D eigenvalue weighted by atomic mass is 9.76. The van der Waals surface area contributed by atoms with Crippen LogP contribution in [0.1, 0.15) is 33.7 Å². The number of hydrogen-bond acceptors (Lipinski definition) is 0. The third kappa shape index (κ3) is 1.85. The zero-order chi connectivity index (χ0) is 15.2. The summed E-state index contributed by atoms with van der Waals surface area (Å²) >= 11 is 0. The van der Waals surface area contributed by atoms with Gasteiger partial charge < -0.3 is 0 Å². The predicted molar refractivity (Wildman–Crippen MR) is 97.8 cm³/mol. The molecule has 0 aliphatic heterocycles. The van der Waals surface area contributed by atoms with Gasteiger partial charge in [-0.05, 0) is 51.1 Å². The maximum Gasteiger partial charge on any atom is 0.0358 e. The molecule has 3 aromatic carbocycles. The summed E-state index contributed by atoms with van der Waals surface area (Å²) in [6.45, 7) is 0. The fraction of sp³-hybridized carbons (Fsp3) is 0.0435. The molecular formula is C23H16. The molecule has 0 radical (unpaired) electrons. The molecule has 0 nitrogen and oxygen atoms in total.